The Labute approximate surface area is 197 Å². The number of piperidine rings is 1. The van der Waals surface area contributed by atoms with Crippen molar-refractivity contribution in [2.24, 2.45) is 0 Å². The third kappa shape index (κ3) is 4.62. The molecule has 3 aromatic heterocycles. The second-order valence-corrected chi connectivity index (χ2v) is 10.6. The Morgan fingerprint density at radius 2 is 1.88 bits per heavy atom. The van der Waals surface area contributed by atoms with Gasteiger partial charge in [0.1, 0.15) is 12.2 Å². The van der Waals surface area contributed by atoms with Crippen molar-refractivity contribution < 1.29 is 14.6 Å². The molecule has 172 valence electrons. The molecule has 1 aliphatic rings. The van der Waals surface area contributed by atoms with Crippen molar-refractivity contribution in [3.05, 3.63) is 72.0 Å². The highest BCUT2D eigenvalue weighted by Crippen LogP contribution is 2.29. The van der Waals surface area contributed by atoms with E-state index in [-0.39, 0.29) is 18.8 Å². The lowest BCUT2D eigenvalue weighted by Gasteiger charge is -2.32. The second-order valence-electron chi connectivity index (χ2n) is 8.03. The first-order chi connectivity index (χ1) is 16.0. The van der Waals surface area contributed by atoms with Crippen LogP contribution in [0.4, 0.5) is 5.13 Å². The summed E-state index contributed by atoms with van der Waals surface area (Å²) >= 11 is 1.24. The number of amides is 1. The Balaban J connectivity index is 0.00000274. The van der Waals surface area contributed by atoms with Crippen LogP contribution in [0.3, 0.4) is 0 Å². The number of nitrogens with one attached hydrogen (secondary N) is 1. The monoisotopic (exact) mass is 483 g/mol. The number of pyridine rings is 1. The summed E-state index contributed by atoms with van der Waals surface area (Å²) in [5, 5.41) is 3.09. The summed E-state index contributed by atoms with van der Waals surface area (Å²) in [7, 11) is -3.65. The van der Waals surface area contributed by atoms with Crippen LogP contribution in [0.5, 0.6) is 0 Å². The lowest BCUT2D eigenvalue weighted by atomic mass is 9.89. The van der Waals surface area contributed by atoms with Gasteiger partial charge < -0.3 is 9.47 Å². The van der Waals surface area contributed by atoms with Crippen molar-refractivity contribution in [1.82, 2.24) is 19.4 Å². The maximum atomic E-state index is 12.8. The SMILES string of the molecule is O=C(Cn1ccc2cccnc21)N1CCC(c2ccc(S(=O)(=O)Nc3nccs3)cc2)CC1.[HH]. The molecule has 4 heterocycles. The molecule has 1 N–H and O–H groups in total. The van der Waals surface area contributed by atoms with E-state index in [2.05, 4.69) is 14.7 Å². The van der Waals surface area contributed by atoms with E-state index in [0.29, 0.717) is 24.1 Å². The molecule has 1 aromatic carbocycles. The van der Waals surface area contributed by atoms with Gasteiger partial charge in [-0.15, -0.1) is 11.3 Å². The minimum Gasteiger partial charge on any atom is -0.341 e. The molecule has 0 bridgehead atoms. The Kier molecular flexibility index (Phi) is 5.86. The number of rotatable bonds is 6. The van der Waals surface area contributed by atoms with Crippen LogP contribution < -0.4 is 4.72 Å². The standard InChI is InChI=1S/C23H23N5O3S2.H2/c29-21(16-28-14-9-19-2-1-10-24-22(19)28)27-12-7-18(8-13-27)17-3-5-20(6-4-17)33(30,31)26-23-25-11-15-32-23;/h1-6,9-11,14-15,18H,7-8,12-13,16H2,(H,25,26);1H. The third-order valence-electron chi connectivity index (χ3n) is 5.99. The van der Waals surface area contributed by atoms with Crippen molar-refractivity contribution in [1.29, 1.82) is 0 Å². The lowest BCUT2D eigenvalue weighted by Crippen LogP contribution is -2.39. The molecule has 0 atom stereocenters. The number of thiazole rings is 1. The van der Waals surface area contributed by atoms with Crippen LogP contribution in [0, 0.1) is 0 Å². The zero-order chi connectivity index (χ0) is 22.8. The minimum absolute atomic E-state index is 0. The molecule has 1 amide bonds. The zero-order valence-corrected chi connectivity index (χ0v) is 19.4. The number of nitrogens with zero attached hydrogens (tertiary/aromatic N) is 4. The van der Waals surface area contributed by atoms with E-state index in [0.717, 1.165) is 29.4 Å². The van der Waals surface area contributed by atoms with Gasteiger partial charge in [-0.05, 0) is 54.7 Å². The fourth-order valence-corrected chi connectivity index (χ4v) is 6.01. The average molecular weight is 484 g/mol. The summed E-state index contributed by atoms with van der Waals surface area (Å²) in [6, 6.07) is 12.9. The third-order valence-corrected chi connectivity index (χ3v) is 8.16. The van der Waals surface area contributed by atoms with Gasteiger partial charge in [-0.1, -0.05) is 12.1 Å². The molecule has 0 saturated carbocycles. The predicted molar refractivity (Wildman–Crippen MR) is 130 cm³/mol. The number of likely N-dealkylation sites (tertiary alicyclic amines) is 1. The van der Waals surface area contributed by atoms with Crippen LogP contribution in [0.25, 0.3) is 11.0 Å². The van der Waals surface area contributed by atoms with Gasteiger partial charge in [-0.3, -0.25) is 9.52 Å². The molecule has 8 nitrogen and oxygen atoms in total. The predicted octanol–water partition coefficient (Wildman–Crippen LogP) is 3.95. The number of benzene rings is 1. The first-order valence-corrected chi connectivity index (χ1v) is 13.1. The van der Waals surface area contributed by atoms with Crippen molar-refractivity contribution in [2.45, 2.75) is 30.2 Å². The van der Waals surface area contributed by atoms with Crippen LogP contribution in [0.1, 0.15) is 25.7 Å². The lowest BCUT2D eigenvalue weighted by molar-refractivity contribution is -0.132. The fraction of sp³-hybridized carbons (Fsp3) is 0.261. The van der Waals surface area contributed by atoms with Gasteiger partial charge in [0, 0.05) is 43.9 Å². The number of carbonyl (C=O) groups is 1. The number of hydrogen-bond acceptors (Lipinski definition) is 6. The first kappa shape index (κ1) is 21.6. The highest BCUT2D eigenvalue weighted by atomic mass is 32.2. The van der Waals surface area contributed by atoms with E-state index in [1.54, 1.807) is 29.9 Å². The topological polar surface area (TPSA) is 97.2 Å². The van der Waals surface area contributed by atoms with Crippen LogP contribution in [0.2, 0.25) is 0 Å². The van der Waals surface area contributed by atoms with E-state index in [1.807, 2.05) is 46.0 Å². The maximum absolute atomic E-state index is 12.8. The van der Waals surface area contributed by atoms with E-state index in [4.69, 9.17) is 0 Å². The number of aromatic nitrogens is 3. The van der Waals surface area contributed by atoms with Gasteiger partial charge in [0.2, 0.25) is 5.91 Å². The van der Waals surface area contributed by atoms with E-state index in [9.17, 15) is 13.2 Å². The zero-order valence-electron chi connectivity index (χ0n) is 17.8. The summed E-state index contributed by atoms with van der Waals surface area (Å²) in [5.41, 5.74) is 1.91. The molecular weight excluding hydrogens is 458 g/mol. The first-order valence-electron chi connectivity index (χ1n) is 10.7. The molecule has 10 heteroatoms. The Morgan fingerprint density at radius 1 is 1.09 bits per heavy atom. The van der Waals surface area contributed by atoms with Gasteiger partial charge in [-0.2, -0.15) is 0 Å². The Bertz CT molecular complexity index is 1360. The summed E-state index contributed by atoms with van der Waals surface area (Å²) in [6.45, 7) is 1.65. The highest BCUT2D eigenvalue weighted by molar-refractivity contribution is 7.93. The van der Waals surface area contributed by atoms with Crippen molar-refractivity contribution >= 4 is 43.4 Å². The summed E-state index contributed by atoms with van der Waals surface area (Å²) in [6.07, 6.45) is 6.89. The molecule has 0 radical (unpaired) electrons. The summed E-state index contributed by atoms with van der Waals surface area (Å²) < 4.78 is 29.4. The molecule has 0 aliphatic carbocycles. The molecular formula is C23H25N5O3S2. The minimum atomic E-state index is -3.65. The molecule has 4 aromatic rings. The van der Waals surface area contributed by atoms with Gasteiger partial charge in [0.25, 0.3) is 10.0 Å². The summed E-state index contributed by atoms with van der Waals surface area (Å²) in [4.78, 5) is 23.3. The molecule has 33 heavy (non-hydrogen) atoms. The molecule has 0 unspecified atom stereocenters. The van der Waals surface area contributed by atoms with E-state index < -0.39 is 10.0 Å². The number of carbonyl (C=O) groups excluding carboxylic acids is 1. The average Bonchev–Trinajstić information content (AvgIpc) is 3.49. The van der Waals surface area contributed by atoms with Crippen molar-refractivity contribution in [3.8, 4) is 0 Å². The molecule has 5 rings (SSSR count). The van der Waals surface area contributed by atoms with Crippen molar-refractivity contribution in [2.75, 3.05) is 17.8 Å². The van der Waals surface area contributed by atoms with Crippen LogP contribution in [-0.2, 0) is 21.4 Å². The van der Waals surface area contributed by atoms with Crippen LogP contribution in [0.15, 0.2) is 71.3 Å². The highest BCUT2D eigenvalue weighted by Gasteiger charge is 2.25. The van der Waals surface area contributed by atoms with Gasteiger partial charge >= 0.3 is 0 Å². The normalized spacial score (nSPS) is 15.1. The smallest absolute Gasteiger partial charge is 0.263 e. The summed E-state index contributed by atoms with van der Waals surface area (Å²) in [5.74, 6) is 0.387. The van der Waals surface area contributed by atoms with Gasteiger partial charge in [-0.25, -0.2) is 18.4 Å². The maximum Gasteiger partial charge on any atom is 0.263 e. The Hall–Kier alpha value is -3.24. The van der Waals surface area contributed by atoms with Crippen LogP contribution in [-0.4, -0.2) is 46.8 Å². The van der Waals surface area contributed by atoms with E-state index >= 15 is 0 Å². The van der Waals surface area contributed by atoms with E-state index in [1.165, 1.54) is 11.3 Å². The largest absolute Gasteiger partial charge is 0.341 e. The number of sulfonamides is 1. The number of anilines is 1. The van der Waals surface area contributed by atoms with Crippen LogP contribution >= 0.6 is 11.3 Å². The molecule has 1 saturated heterocycles. The van der Waals surface area contributed by atoms with Gasteiger partial charge in [0.15, 0.2) is 5.13 Å². The molecule has 1 aliphatic heterocycles. The second kappa shape index (κ2) is 8.95. The quantitative estimate of drug-likeness (QED) is 0.448. The fourth-order valence-electron chi connectivity index (χ4n) is 4.22. The number of fused-ring (bicyclic) bond motifs is 1. The van der Waals surface area contributed by atoms with Gasteiger partial charge in [0.05, 0.1) is 4.90 Å². The molecule has 0 spiro atoms. The molecule has 1 fully saturated rings. The number of hydrogen-bond donors (Lipinski definition) is 1. The van der Waals surface area contributed by atoms with Crippen molar-refractivity contribution in [3.63, 3.8) is 0 Å². The Morgan fingerprint density at radius 3 is 2.61 bits per heavy atom.